The van der Waals surface area contributed by atoms with Gasteiger partial charge in [0.2, 0.25) is 0 Å². The van der Waals surface area contributed by atoms with Gasteiger partial charge in [-0.3, -0.25) is 4.98 Å². The summed E-state index contributed by atoms with van der Waals surface area (Å²) in [5.41, 5.74) is 2.57. The monoisotopic (exact) mass is 284 g/mol. The highest BCUT2D eigenvalue weighted by molar-refractivity contribution is 9.10. The molecule has 0 fully saturated rings. The molecule has 0 aliphatic carbocycles. The summed E-state index contributed by atoms with van der Waals surface area (Å²) in [6.45, 7) is 1.99. The lowest BCUT2D eigenvalue weighted by Gasteiger charge is -2.15. The van der Waals surface area contributed by atoms with Gasteiger partial charge in [-0.15, -0.1) is 24.8 Å². The number of rotatable bonds is 0. The maximum absolute atomic E-state index is 4.31. The fourth-order valence-corrected chi connectivity index (χ4v) is 1.69. The van der Waals surface area contributed by atoms with E-state index in [1.165, 1.54) is 11.3 Å². The van der Waals surface area contributed by atoms with E-state index in [-0.39, 0.29) is 24.8 Å². The number of fused-ring (bicyclic) bond motifs is 1. The summed E-state index contributed by atoms with van der Waals surface area (Å²) in [4.78, 5) is 4.31. The molecule has 0 amide bonds. The first-order chi connectivity index (χ1) is 5.36. The van der Waals surface area contributed by atoms with Crippen molar-refractivity contribution in [2.24, 2.45) is 0 Å². The molecule has 1 aliphatic heterocycles. The Morgan fingerprint density at radius 3 is 2.92 bits per heavy atom. The smallest absolute Gasteiger partial charge is 0.0574 e. The van der Waals surface area contributed by atoms with Crippen molar-refractivity contribution in [3.8, 4) is 0 Å². The molecular formula is C8H11BrCl2N2. The molecule has 0 spiro atoms. The van der Waals surface area contributed by atoms with Gasteiger partial charge in [-0.2, -0.15) is 0 Å². The van der Waals surface area contributed by atoms with E-state index in [9.17, 15) is 0 Å². The normalized spacial score (nSPS) is 13.6. The minimum Gasteiger partial charge on any atom is -0.311 e. The third kappa shape index (κ3) is 3.09. The number of nitrogens with one attached hydrogen (secondary N) is 1. The molecule has 0 saturated carbocycles. The molecule has 1 aromatic heterocycles. The Morgan fingerprint density at radius 1 is 1.38 bits per heavy atom. The molecule has 1 aliphatic rings. The summed E-state index contributed by atoms with van der Waals surface area (Å²) in [7, 11) is 0. The summed E-state index contributed by atoms with van der Waals surface area (Å²) in [5.74, 6) is 0. The van der Waals surface area contributed by atoms with Crippen molar-refractivity contribution >= 4 is 40.7 Å². The van der Waals surface area contributed by atoms with Gasteiger partial charge in [0, 0.05) is 17.2 Å². The zero-order valence-electron chi connectivity index (χ0n) is 6.92. The Kier molecular flexibility index (Phi) is 5.88. The Hall–Kier alpha value is 0.170. The molecule has 0 atom stereocenters. The van der Waals surface area contributed by atoms with Crippen LogP contribution in [0.25, 0.3) is 0 Å². The molecule has 2 nitrogen and oxygen atoms in total. The maximum atomic E-state index is 4.31. The van der Waals surface area contributed by atoms with Gasteiger partial charge in [0.05, 0.1) is 5.69 Å². The van der Waals surface area contributed by atoms with Gasteiger partial charge in [-0.05, 0) is 40.5 Å². The highest BCUT2D eigenvalue weighted by atomic mass is 79.9. The molecule has 2 heterocycles. The third-order valence-corrected chi connectivity index (χ3v) is 2.32. The van der Waals surface area contributed by atoms with Gasteiger partial charge < -0.3 is 5.32 Å². The molecule has 2 rings (SSSR count). The molecular weight excluding hydrogens is 275 g/mol. The highest BCUT2D eigenvalue weighted by Gasteiger charge is 2.08. The van der Waals surface area contributed by atoms with Crippen LogP contribution in [0.2, 0.25) is 0 Å². The highest BCUT2D eigenvalue weighted by Crippen LogP contribution is 2.16. The first kappa shape index (κ1) is 13.2. The minimum absolute atomic E-state index is 0. The van der Waals surface area contributed by atoms with E-state index in [0.717, 1.165) is 24.0 Å². The van der Waals surface area contributed by atoms with Crippen LogP contribution in [0.5, 0.6) is 0 Å². The van der Waals surface area contributed by atoms with Crippen molar-refractivity contribution in [1.82, 2.24) is 10.3 Å². The predicted molar refractivity (Wildman–Crippen MR) is 61.8 cm³/mol. The summed E-state index contributed by atoms with van der Waals surface area (Å²) >= 11 is 3.41. The van der Waals surface area contributed by atoms with Crippen LogP contribution in [-0.4, -0.2) is 11.5 Å². The van der Waals surface area contributed by atoms with Gasteiger partial charge in [0.1, 0.15) is 0 Å². The van der Waals surface area contributed by atoms with Crippen LogP contribution in [0.4, 0.5) is 0 Å². The molecule has 0 unspecified atom stereocenters. The Labute approximate surface area is 98.5 Å². The first-order valence-electron chi connectivity index (χ1n) is 3.70. The van der Waals surface area contributed by atoms with Gasteiger partial charge in [-0.1, -0.05) is 0 Å². The molecule has 0 saturated heterocycles. The van der Waals surface area contributed by atoms with E-state index < -0.39 is 0 Å². The number of aromatic nitrogens is 1. The van der Waals surface area contributed by atoms with Crippen molar-refractivity contribution in [2.75, 3.05) is 6.54 Å². The van der Waals surface area contributed by atoms with E-state index in [1.54, 1.807) is 0 Å². The average molecular weight is 286 g/mol. The predicted octanol–water partition coefficient (Wildman–Crippen LogP) is 2.33. The van der Waals surface area contributed by atoms with E-state index in [1.807, 2.05) is 6.20 Å². The number of hydrogen-bond donors (Lipinski definition) is 1. The van der Waals surface area contributed by atoms with Crippen molar-refractivity contribution in [3.63, 3.8) is 0 Å². The van der Waals surface area contributed by atoms with Gasteiger partial charge in [0.25, 0.3) is 0 Å². The fourth-order valence-electron chi connectivity index (χ4n) is 1.31. The molecule has 0 bridgehead atoms. The quantitative estimate of drug-likeness (QED) is 0.791. The van der Waals surface area contributed by atoms with Crippen LogP contribution in [0.3, 0.4) is 0 Å². The number of nitrogens with zero attached hydrogens (tertiary/aromatic N) is 1. The lowest BCUT2D eigenvalue weighted by molar-refractivity contribution is 0.626. The topological polar surface area (TPSA) is 24.9 Å². The molecule has 0 aromatic carbocycles. The van der Waals surface area contributed by atoms with Crippen molar-refractivity contribution in [3.05, 3.63) is 28.0 Å². The molecule has 1 aromatic rings. The second-order valence-corrected chi connectivity index (χ2v) is 3.60. The summed E-state index contributed by atoms with van der Waals surface area (Å²) < 4.78 is 1.08. The second-order valence-electron chi connectivity index (χ2n) is 2.69. The van der Waals surface area contributed by atoms with Gasteiger partial charge in [-0.25, -0.2) is 0 Å². The van der Waals surface area contributed by atoms with E-state index in [0.29, 0.717) is 0 Å². The zero-order chi connectivity index (χ0) is 7.68. The van der Waals surface area contributed by atoms with Crippen LogP contribution in [0.15, 0.2) is 16.7 Å². The standard InChI is InChI=1S/C8H9BrN2.2ClH/c9-7-3-6-1-2-10-5-8(6)11-4-7;;/h3-4,10H,1-2,5H2;2*1H. The minimum atomic E-state index is 0. The molecule has 1 N–H and O–H groups in total. The number of pyridine rings is 1. The molecule has 74 valence electrons. The van der Waals surface area contributed by atoms with Crippen LogP contribution in [0.1, 0.15) is 11.3 Å². The molecule has 13 heavy (non-hydrogen) atoms. The SMILES string of the molecule is Brc1cnc2c(c1)CCNC2.Cl.Cl. The first-order valence-corrected chi connectivity index (χ1v) is 4.49. The van der Waals surface area contributed by atoms with Crippen LogP contribution in [0, 0.1) is 0 Å². The average Bonchev–Trinajstić information content (AvgIpc) is 2.04. The fraction of sp³-hybridized carbons (Fsp3) is 0.375. The van der Waals surface area contributed by atoms with Crippen LogP contribution < -0.4 is 5.32 Å². The van der Waals surface area contributed by atoms with E-state index in [2.05, 4.69) is 32.3 Å². The van der Waals surface area contributed by atoms with Crippen LogP contribution in [-0.2, 0) is 13.0 Å². The summed E-state index contributed by atoms with van der Waals surface area (Å²) in [6.07, 6.45) is 2.95. The van der Waals surface area contributed by atoms with Crippen molar-refractivity contribution in [2.45, 2.75) is 13.0 Å². The molecule has 0 radical (unpaired) electrons. The summed E-state index contributed by atoms with van der Waals surface area (Å²) in [5, 5.41) is 3.28. The lowest BCUT2D eigenvalue weighted by Crippen LogP contribution is -2.24. The van der Waals surface area contributed by atoms with Crippen LogP contribution >= 0.6 is 40.7 Å². The summed E-state index contributed by atoms with van der Waals surface area (Å²) in [6, 6.07) is 2.16. The number of hydrogen-bond acceptors (Lipinski definition) is 2. The molecule has 5 heteroatoms. The zero-order valence-corrected chi connectivity index (χ0v) is 10.1. The number of halogens is 3. The Morgan fingerprint density at radius 2 is 2.15 bits per heavy atom. The Bertz CT molecular complexity index is 281. The van der Waals surface area contributed by atoms with Crippen molar-refractivity contribution < 1.29 is 0 Å². The maximum Gasteiger partial charge on any atom is 0.0574 e. The third-order valence-electron chi connectivity index (χ3n) is 1.89. The van der Waals surface area contributed by atoms with E-state index >= 15 is 0 Å². The van der Waals surface area contributed by atoms with Crippen molar-refractivity contribution in [1.29, 1.82) is 0 Å². The second kappa shape index (κ2) is 5.81. The van der Waals surface area contributed by atoms with E-state index in [4.69, 9.17) is 0 Å². The largest absolute Gasteiger partial charge is 0.311 e. The lowest BCUT2D eigenvalue weighted by atomic mass is 10.1. The van der Waals surface area contributed by atoms with Gasteiger partial charge in [0.15, 0.2) is 0 Å². The van der Waals surface area contributed by atoms with Gasteiger partial charge >= 0.3 is 0 Å². The Balaban J connectivity index is 0.000000720.